The molecule has 0 saturated carbocycles. The van der Waals surface area contributed by atoms with Crippen LogP contribution in [0.2, 0.25) is 0 Å². The van der Waals surface area contributed by atoms with Crippen LogP contribution < -0.4 is 0 Å². The molecule has 0 aliphatic carbocycles. The van der Waals surface area contributed by atoms with Crippen LogP contribution in [0.25, 0.3) is 0 Å². The summed E-state index contributed by atoms with van der Waals surface area (Å²) in [7, 11) is 0. The first-order chi connectivity index (χ1) is 5.22. The predicted octanol–water partition coefficient (Wildman–Crippen LogP) is 1.85. The van der Waals surface area contributed by atoms with Gasteiger partial charge in [-0.3, -0.25) is 4.79 Å². The van der Waals surface area contributed by atoms with Crippen LogP contribution in [-0.4, -0.2) is 18.6 Å². The van der Waals surface area contributed by atoms with Crippen molar-refractivity contribution in [3.05, 3.63) is 12.3 Å². The van der Waals surface area contributed by atoms with Crippen LogP contribution in [-0.2, 0) is 9.53 Å². The molecule has 0 heterocycles. The third-order valence-corrected chi connectivity index (χ3v) is 1.16. The Labute approximate surface area is 66.0 Å². The lowest BCUT2D eigenvalue weighted by Crippen LogP contribution is -2.10. The van der Waals surface area contributed by atoms with Crippen LogP contribution in [0.1, 0.15) is 20.3 Å². The zero-order valence-electron chi connectivity index (χ0n) is 6.84. The molecule has 0 N–H and O–H groups in total. The summed E-state index contributed by atoms with van der Waals surface area (Å²) in [6.45, 7) is 3.91. The average molecular weight is 160 g/mol. The minimum Gasteiger partial charge on any atom is -0.501 e. The number of ether oxygens (including phenoxy) is 1. The first-order valence-electron chi connectivity index (χ1n) is 3.68. The van der Waals surface area contributed by atoms with E-state index < -0.39 is 12.0 Å². The lowest BCUT2D eigenvalue weighted by Gasteiger charge is -1.97. The van der Waals surface area contributed by atoms with Crippen molar-refractivity contribution >= 4 is 5.78 Å². The Morgan fingerprint density at radius 3 is 2.73 bits per heavy atom. The van der Waals surface area contributed by atoms with Crippen molar-refractivity contribution in [1.82, 2.24) is 0 Å². The van der Waals surface area contributed by atoms with E-state index in [-0.39, 0.29) is 6.42 Å². The molecule has 2 nitrogen and oxygen atoms in total. The summed E-state index contributed by atoms with van der Waals surface area (Å²) in [5, 5.41) is 0. The van der Waals surface area contributed by atoms with Crippen molar-refractivity contribution in [3.63, 3.8) is 0 Å². The van der Waals surface area contributed by atoms with Gasteiger partial charge in [-0.25, -0.2) is 4.39 Å². The predicted molar refractivity (Wildman–Crippen MR) is 41.0 cm³/mol. The number of hydrogen-bond donors (Lipinski definition) is 0. The number of carbonyl (C=O) groups is 1. The van der Waals surface area contributed by atoms with E-state index in [4.69, 9.17) is 4.74 Å². The fourth-order valence-electron chi connectivity index (χ4n) is 0.517. The largest absolute Gasteiger partial charge is 0.501 e. The zero-order chi connectivity index (χ0) is 8.69. The van der Waals surface area contributed by atoms with Crippen LogP contribution in [0.4, 0.5) is 4.39 Å². The maximum atomic E-state index is 12.5. The first-order valence-corrected chi connectivity index (χ1v) is 3.68. The Balaban J connectivity index is 3.67. The van der Waals surface area contributed by atoms with E-state index in [1.54, 1.807) is 13.8 Å². The fraction of sp³-hybridized carbons (Fsp3) is 0.625. The Morgan fingerprint density at radius 1 is 1.64 bits per heavy atom. The summed E-state index contributed by atoms with van der Waals surface area (Å²) in [5.74, 6) is -0.527. The molecule has 0 rings (SSSR count). The van der Waals surface area contributed by atoms with Gasteiger partial charge >= 0.3 is 0 Å². The number of halogens is 1. The van der Waals surface area contributed by atoms with E-state index in [9.17, 15) is 9.18 Å². The molecule has 0 aliphatic rings. The molecule has 0 aromatic rings. The van der Waals surface area contributed by atoms with Crippen molar-refractivity contribution in [3.8, 4) is 0 Å². The van der Waals surface area contributed by atoms with E-state index in [1.807, 2.05) is 0 Å². The van der Waals surface area contributed by atoms with Gasteiger partial charge in [0.05, 0.1) is 12.9 Å². The molecular weight excluding hydrogens is 147 g/mol. The van der Waals surface area contributed by atoms with Crippen molar-refractivity contribution < 1.29 is 13.9 Å². The van der Waals surface area contributed by atoms with Gasteiger partial charge in [0.25, 0.3) is 0 Å². The second-order valence-corrected chi connectivity index (χ2v) is 2.04. The van der Waals surface area contributed by atoms with Gasteiger partial charge in [-0.05, 0) is 13.3 Å². The van der Waals surface area contributed by atoms with Gasteiger partial charge in [0, 0.05) is 6.08 Å². The maximum absolute atomic E-state index is 12.5. The Morgan fingerprint density at radius 2 is 2.27 bits per heavy atom. The molecule has 0 saturated heterocycles. The summed E-state index contributed by atoms with van der Waals surface area (Å²) in [6, 6.07) is 0. The normalized spacial score (nSPS) is 13.4. The summed E-state index contributed by atoms with van der Waals surface area (Å²) in [6.07, 6.45) is 1.18. The van der Waals surface area contributed by atoms with Crippen LogP contribution in [0.3, 0.4) is 0 Å². The second-order valence-electron chi connectivity index (χ2n) is 2.04. The molecule has 3 heteroatoms. The molecule has 0 fully saturated rings. The highest BCUT2D eigenvalue weighted by atomic mass is 19.1. The van der Waals surface area contributed by atoms with E-state index >= 15 is 0 Å². The number of ketones is 1. The quantitative estimate of drug-likeness (QED) is 0.453. The van der Waals surface area contributed by atoms with Gasteiger partial charge in [0.15, 0.2) is 12.0 Å². The third-order valence-electron chi connectivity index (χ3n) is 1.16. The monoisotopic (exact) mass is 160 g/mol. The molecule has 64 valence electrons. The standard InChI is InChI=1S/C8H13FO2/c1-3-7(9)8(10)5-6-11-4-2/h5-7H,3-4H2,1-2H3/b6-5+. The molecule has 1 unspecified atom stereocenters. The molecule has 0 bridgehead atoms. The summed E-state index contributed by atoms with van der Waals surface area (Å²) >= 11 is 0. The Kier molecular flexibility index (Phi) is 5.43. The molecule has 0 amide bonds. The van der Waals surface area contributed by atoms with Gasteiger partial charge in [0.2, 0.25) is 0 Å². The summed E-state index contributed by atoms with van der Waals surface area (Å²) in [5.41, 5.74) is 0. The first kappa shape index (κ1) is 10.1. The average Bonchev–Trinajstić information content (AvgIpc) is 2.03. The van der Waals surface area contributed by atoms with Crippen molar-refractivity contribution in [1.29, 1.82) is 0 Å². The van der Waals surface area contributed by atoms with E-state index in [2.05, 4.69) is 0 Å². The third kappa shape index (κ3) is 4.53. The van der Waals surface area contributed by atoms with Crippen molar-refractivity contribution in [2.75, 3.05) is 6.61 Å². The van der Waals surface area contributed by atoms with Crippen molar-refractivity contribution in [2.24, 2.45) is 0 Å². The number of rotatable bonds is 5. The Bertz CT molecular complexity index is 143. The topological polar surface area (TPSA) is 26.3 Å². The zero-order valence-corrected chi connectivity index (χ0v) is 6.84. The number of allylic oxidation sites excluding steroid dienone is 1. The van der Waals surface area contributed by atoms with E-state index in [0.717, 1.165) is 6.08 Å². The van der Waals surface area contributed by atoms with E-state index in [1.165, 1.54) is 6.26 Å². The molecule has 0 aliphatic heterocycles. The highest BCUT2D eigenvalue weighted by molar-refractivity contribution is 5.93. The van der Waals surface area contributed by atoms with Gasteiger partial charge < -0.3 is 4.74 Å². The van der Waals surface area contributed by atoms with Crippen LogP contribution in [0.15, 0.2) is 12.3 Å². The van der Waals surface area contributed by atoms with Crippen LogP contribution in [0, 0.1) is 0 Å². The molecular formula is C8H13FO2. The Hall–Kier alpha value is -0.860. The number of hydrogen-bond acceptors (Lipinski definition) is 2. The lowest BCUT2D eigenvalue weighted by atomic mass is 10.2. The number of alkyl halides is 1. The fourth-order valence-corrected chi connectivity index (χ4v) is 0.517. The maximum Gasteiger partial charge on any atom is 0.192 e. The summed E-state index contributed by atoms with van der Waals surface area (Å²) < 4.78 is 17.2. The van der Waals surface area contributed by atoms with Gasteiger partial charge in [-0.15, -0.1) is 0 Å². The molecule has 0 aromatic carbocycles. The van der Waals surface area contributed by atoms with Gasteiger partial charge in [-0.2, -0.15) is 0 Å². The minimum absolute atomic E-state index is 0.218. The van der Waals surface area contributed by atoms with Crippen molar-refractivity contribution in [2.45, 2.75) is 26.4 Å². The molecule has 0 aromatic heterocycles. The highest BCUT2D eigenvalue weighted by Gasteiger charge is 2.10. The lowest BCUT2D eigenvalue weighted by molar-refractivity contribution is -0.119. The summed E-state index contributed by atoms with van der Waals surface area (Å²) in [4.78, 5) is 10.7. The van der Waals surface area contributed by atoms with Gasteiger partial charge in [0.1, 0.15) is 0 Å². The van der Waals surface area contributed by atoms with Crippen LogP contribution in [0.5, 0.6) is 0 Å². The number of carbonyl (C=O) groups excluding carboxylic acids is 1. The molecule has 11 heavy (non-hydrogen) atoms. The second kappa shape index (κ2) is 5.89. The molecule has 0 spiro atoms. The smallest absolute Gasteiger partial charge is 0.192 e. The SMILES string of the molecule is CCO/C=C/C(=O)C(F)CC. The van der Waals surface area contributed by atoms with Crippen LogP contribution >= 0.6 is 0 Å². The van der Waals surface area contributed by atoms with Gasteiger partial charge in [-0.1, -0.05) is 6.92 Å². The minimum atomic E-state index is -1.38. The highest BCUT2D eigenvalue weighted by Crippen LogP contribution is 1.98. The molecule has 1 atom stereocenters. The molecule has 0 radical (unpaired) electrons. The van der Waals surface area contributed by atoms with E-state index in [0.29, 0.717) is 6.61 Å².